The predicted octanol–water partition coefficient (Wildman–Crippen LogP) is 2.99. The first-order chi connectivity index (χ1) is 6.83. The van der Waals surface area contributed by atoms with Crippen molar-refractivity contribution in [2.75, 3.05) is 18.2 Å². The number of rotatable bonds is 2. The molecule has 1 N–H and O–H groups in total. The lowest BCUT2D eigenvalue weighted by atomic mass is 10.2. The van der Waals surface area contributed by atoms with Gasteiger partial charge in [-0.2, -0.15) is 0 Å². The van der Waals surface area contributed by atoms with E-state index in [1.807, 2.05) is 17.8 Å². The molecule has 1 aliphatic heterocycles. The number of thioether (sulfide) groups is 1. The number of hydrogen-bond donors (Lipinski definition) is 1. The van der Waals surface area contributed by atoms with Crippen LogP contribution < -0.4 is 10.1 Å². The third-order valence-electron chi connectivity index (χ3n) is 2.48. The lowest BCUT2D eigenvalue weighted by molar-refractivity contribution is 0.414. The van der Waals surface area contributed by atoms with Gasteiger partial charge < -0.3 is 10.1 Å². The minimum atomic E-state index is 0.597. The Bertz CT molecular complexity index is 327. The first kappa shape index (κ1) is 9.71. The Morgan fingerprint density at radius 1 is 1.57 bits per heavy atom. The summed E-state index contributed by atoms with van der Waals surface area (Å²) in [5.41, 5.74) is 1.22. The van der Waals surface area contributed by atoms with E-state index < -0.39 is 0 Å². The van der Waals surface area contributed by atoms with E-state index in [1.54, 1.807) is 7.11 Å². The third kappa shape index (κ3) is 1.82. The second-order valence-electron chi connectivity index (χ2n) is 3.42. The van der Waals surface area contributed by atoms with Crippen molar-refractivity contribution in [3.63, 3.8) is 0 Å². The molecule has 0 aromatic heterocycles. The predicted molar refractivity (Wildman–Crippen MR) is 61.4 cm³/mol. The summed E-state index contributed by atoms with van der Waals surface area (Å²) >= 11 is 1.92. The molecule has 2 rings (SSSR count). The van der Waals surface area contributed by atoms with E-state index >= 15 is 0 Å². The highest BCUT2D eigenvalue weighted by Crippen LogP contribution is 2.36. The molecule has 0 bridgehead atoms. The molecule has 1 aromatic carbocycles. The number of nitrogens with one attached hydrogen (secondary N) is 1. The number of ether oxygens (including phenoxy) is 1. The Balaban J connectivity index is 2.25. The summed E-state index contributed by atoms with van der Waals surface area (Å²) in [6, 6.07) is 6.81. The quantitative estimate of drug-likeness (QED) is 0.809. The van der Waals surface area contributed by atoms with Gasteiger partial charge in [-0.3, -0.25) is 0 Å². The number of fused-ring (bicyclic) bond motifs is 1. The van der Waals surface area contributed by atoms with Crippen LogP contribution in [0.2, 0.25) is 0 Å². The number of benzene rings is 1. The van der Waals surface area contributed by atoms with Crippen LogP contribution in [0.5, 0.6) is 5.75 Å². The van der Waals surface area contributed by atoms with Crippen LogP contribution in [0.4, 0.5) is 5.69 Å². The molecule has 1 atom stereocenters. The summed E-state index contributed by atoms with van der Waals surface area (Å²) in [6.07, 6.45) is 1.17. The van der Waals surface area contributed by atoms with Crippen LogP contribution in [0.25, 0.3) is 0 Å². The minimum absolute atomic E-state index is 0.597. The van der Waals surface area contributed by atoms with Gasteiger partial charge in [-0.1, -0.05) is 6.92 Å². The highest BCUT2D eigenvalue weighted by molar-refractivity contribution is 7.99. The summed E-state index contributed by atoms with van der Waals surface area (Å²) in [4.78, 5) is 1.33. The normalized spacial score (nSPS) is 19.7. The Kier molecular flexibility index (Phi) is 2.87. The number of anilines is 1. The number of hydrogen-bond acceptors (Lipinski definition) is 3. The molecule has 1 aliphatic rings. The molecule has 0 aliphatic carbocycles. The smallest absolute Gasteiger partial charge is 0.121 e. The minimum Gasteiger partial charge on any atom is -0.497 e. The van der Waals surface area contributed by atoms with Crippen molar-refractivity contribution in [1.29, 1.82) is 0 Å². The molecule has 0 radical (unpaired) electrons. The molecule has 14 heavy (non-hydrogen) atoms. The average Bonchev–Trinajstić information content (AvgIpc) is 2.27. The van der Waals surface area contributed by atoms with Gasteiger partial charge in [0.2, 0.25) is 0 Å². The topological polar surface area (TPSA) is 21.3 Å². The monoisotopic (exact) mass is 209 g/mol. The molecule has 76 valence electrons. The molecule has 0 spiro atoms. The van der Waals surface area contributed by atoms with E-state index in [-0.39, 0.29) is 0 Å². The molecular weight excluding hydrogens is 194 g/mol. The second kappa shape index (κ2) is 4.13. The molecule has 0 saturated heterocycles. The van der Waals surface area contributed by atoms with Crippen molar-refractivity contribution in [3.05, 3.63) is 18.2 Å². The van der Waals surface area contributed by atoms with Crippen LogP contribution >= 0.6 is 11.8 Å². The summed E-state index contributed by atoms with van der Waals surface area (Å²) in [6.45, 7) is 2.21. The SMILES string of the molecule is CCC1CSc2ccc(OC)cc2N1. The highest BCUT2D eigenvalue weighted by atomic mass is 32.2. The summed E-state index contributed by atoms with van der Waals surface area (Å²) in [5, 5.41) is 3.52. The Labute approximate surface area is 89.0 Å². The van der Waals surface area contributed by atoms with E-state index in [4.69, 9.17) is 4.74 Å². The standard InChI is InChI=1S/C11H15NOS/c1-3-8-7-14-11-5-4-9(13-2)6-10(11)12-8/h4-6,8,12H,3,7H2,1-2H3. The molecule has 2 nitrogen and oxygen atoms in total. The lowest BCUT2D eigenvalue weighted by Gasteiger charge is -2.25. The Morgan fingerprint density at radius 3 is 3.14 bits per heavy atom. The molecule has 0 fully saturated rings. The maximum Gasteiger partial charge on any atom is 0.121 e. The van der Waals surface area contributed by atoms with Crippen molar-refractivity contribution in [2.45, 2.75) is 24.3 Å². The van der Waals surface area contributed by atoms with Crippen LogP contribution in [-0.4, -0.2) is 18.9 Å². The fourth-order valence-corrected chi connectivity index (χ4v) is 2.68. The van der Waals surface area contributed by atoms with Gasteiger partial charge in [0.25, 0.3) is 0 Å². The van der Waals surface area contributed by atoms with Crippen LogP contribution in [-0.2, 0) is 0 Å². The van der Waals surface area contributed by atoms with Crippen molar-refractivity contribution in [1.82, 2.24) is 0 Å². The molecule has 1 aromatic rings. The van der Waals surface area contributed by atoms with Crippen LogP contribution in [0.1, 0.15) is 13.3 Å². The zero-order valence-electron chi connectivity index (χ0n) is 8.54. The molecule has 0 saturated carbocycles. The highest BCUT2D eigenvalue weighted by Gasteiger charge is 2.16. The molecule has 1 unspecified atom stereocenters. The molecule has 1 heterocycles. The van der Waals surface area contributed by atoms with E-state index in [9.17, 15) is 0 Å². The van der Waals surface area contributed by atoms with Crippen LogP contribution in [0.3, 0.4) is 0 Å². The average molecular weight is 209 g/mol. The summed E-state index contributed by atoms with van der Waals surface area (Å²) < 4.78 is 5.20. The molecule has 3 heteroatoms. The van der Waals surface area contributed by atoms with Crippen molar-refractivity contribution < 1.29 is 4.74 Å². The van der Waals surface area contributed by atoms with Crippen molar-refractivity contribution in [3.8, 4) is 5.75 Å². The molecular formula is C11H15NOS. The van der Waals surface area contributed by atoms with E-state index in [1.165, 1.54) is 17.0 Å². The van der Waals surface area contributed by atoms with Crippen LogP contribution in [0.15, 0.2) is 23.1 Å². The fraction of sp³-hybridized carbons (Fsp3) is 0.455. The maximum atomic E-state index is 5.20. The fourth-order valence-electron chi connectivity index (χ4n) is 1.55. The zero-order valence-corrected chi connectivity index (χ0v) is 9.36. The Hall–Kier alpha value is -0.830. The van der Waals surface area contributed by atoms with Gasteiger partial charge >= 0.3 is 0 Å². The molecule has 0 amide bonds. The van der Waals surface area contributed by atoms with E-state index in [0.717, 1.165) is 11.5 Å². The number of methoxy groups -OCH3 is 1. The van der Waals surface area contributed by atoms with Crippen molar-refractivity contribution in [2.24, 2.45) is 0 Å². The maximum absolute atomic E-state index is 5.20. The van der Waals surface area contributed by atoms with Gasteiger partial charge in [0.1, 0.15) is 5.75 Å². The van der Waals surface area contributed by atoms with Gasteiger partial charge in [0.05, 0.1) is 12.8 Å². The van der Waals surface area contributed by atoms with Gasteiger partial charge in [-0.25, -0.2) is 0 Å². The van der Waals surface area contributed by atoms with Crippen molar-refractivity contribution >= 4 is 17.4 Å². The first-order valence-electron chi connectivity index (χ1n) is 4.91. The van der Waals surface area contributed by atoms with E-state index in [0.29, 0.717) is 6.04 Å². The summed E-state index contributed by atoms with van der Waals surface area (Å²) in [7, 11) is 1.70. The van der Waals surface area contributed by atoms with Gasteiger partial charge in [-0.05, 0) is 18.6 Å². The largest absolute Gasteiger partial charge is 0.497 e. The second-order valence-corrected chi connectivity index (χ2v) is 4.48. The first-order valence-corrected chi connectivity index (χ1v) is 5.89. The lowest BCUT2D eigenvalue weighted by Crippen LogP contribution is -2.24. The van der Waals surface area contributed by atoms with Gasteiger partial charge in [0, 0.05) is 22.8 Å². The van der Waals surface area contributed by atoms with Gasteiger partial charge in [-0.15, -0.1) is 11.8 Å². The Morgan fingerprint density at radius 2 is 2.43 bits per heavy atom. The van der Waals surface area contributed by atoms with Crippen LogP contribution in [0, 0.1) is 0 Å². The van der Waals surface area contributed by atoms with Gasteiger partial charge in [0.15, 0.2) is 0 Å². The zero-order chi connectivity index (χ0) is 9.97. The van der Waals surface area contributed by atoms with E-state index in [2.05, 4.69) is 24.4 Å². The third-order valence-corrected chi connectivity index (χ3v) is 3.72. The summed E-state index contributed by atoms with van der Waals surface area (Å²) in [5.74, 6) is 2.09.